The van der Waals surface area contributed by atoms with Crippen molar-refractivity contribution in [1.29, 1.82) is 0 Å². The Morgan fingerprint density at radius 2 is 0.750 bits per heavy atom. The van der Waals surface area contributed by atoms with Gasteiger partial charge in [-0.25, -0.2) is 0 Å². The van der Waals surface area contributed by atoms with Gasteiger partial charge >= 0.3 is 0 Å². The zero-order valence-electron chi connectivity index (χ0n) is 10.3. The summed E-state index contributed by atoms with van der Waals surface area (Å²) in [5.74, 6) is -2.19. The smallest absolute Gasteiger partial charge is 0.200 e. The minimum Gasteiger partial charge on any atom is -0.504 e. The van der Waals surface area contributed by atoms with Gasteiger partial charge in [0.05, 0.1) is 0 Å². The summed E-state index contributed by atoms with van der Waals surface area (Å²) in [5, 5.41) is 52.2. The van der Waals surface area contributed by atoms with E-state index in [1.54, 1.807) is 0 Å². The Balaban J connectivity index is 0.000000321. The Morgan fingerprint density at radius 3 is 0.900 bits per heavy atom. The molecular weight excluding hydrogens is 268 g/mol. The average Bonchev–Trinajstić information content (AvgIpc) is 2.45. The molecule has 0 aliphatic carbocycles. The predicted molar refractivity (Wildman–Crippen MR) is 70.0 cm³/mol. The van der Waals surface area contributed by atoms with Crippen LogP contribution in [0.5, 0.6) is 34.5 Å². The van der Waals surface area contributed by atoms with Gasteiger partial charge in [-0.15, -0.1) is 0 Å². The molecule has 0 spiro atoms. The second-order valence-electron chi connectivity index (χ2n) is 3.29. The molecule has 20 heavy (non-hydrogen) atoms. The summed E-state index contributed by atoms with van der Waals surface area (Å²) in [4.78, 5) is 8.00. The highest BCUT2D eigenvalue weighted by Gasteiger charge is 2.01. The Bertz CT molecular complexity index is 464. The fourth-order valence-corrected chi connectivity index (χ4v) is 1.04. The molecule has 108 valence electrons. The van der Waals surface area contributed by atoms with Gasteiger partial charge in [0.15, 0.2) is 34.5 Å². The van der Waals surface area contributed by atoms with Crippen LogP contribution in [-0.2, 0) is 4.79 Å². The lowest BCUT2D eigenvalue weighted by atomic mass is 10.3. The molecule has 6 N–H and O–H groups in total. The van der Waals surface area contributed by atoms with Gasteiger partial charge in [0.2, 0.25) is 0 Å². The Labute approximate surface area is 114 Å². The van der Waals surface area contributed by atoms with Gasteiger partial charge in [0.25, 0.3) is 0 Å². The highest BCUT2D eigenvalue weighted by atomic mass is 16.3. The number of phenols is 6. The zero-order valence-corrected chi connectivity index (χ0v) is 10.3. The number of carbonyl (C=O) groups is 1. The molecule has 2 aromatic carbocycles. The van der Waals surface area contributed by atoms with E-state index in [-0.39, 0.29) is 23.0 Å². The topological polar surface area (TPSA) is 138 Å². The summed E-state index contributed by atoms with van der Waals surface area (Å²) in [6, 6.07) is 8.02. The number of phenolic OH excluding ortho intramolecular Hbond substituents is 6. The second-order valence-corrected chi connectivity index (χ2v) is 3.29. The van der Waals surface area contributed by atoms with Crippen LogP contribution >= 0.6 is 0 Å². The molecule has 7 heteroatoms. The van der Waals surface area contributed by atoms with Crippen LogP contribution in [-0.4, -0.2) is 37.4 Å². The molecule has 0 unspecified atom stereocenters. The molecule has 0 aromatic heterocycles. The molecule has 0 saturated heterocycles. The van der Waals surface area contributed by atoms with E-state index in [0.29, 0.717) is 0 Å². The van der Waals surface area contributed by atoms with Gasteiger partial charge in [0.1, 0.15) is 6.79 Å². The van der Waals surface area contributed by atoms with E-state index in [2.05, 4.69) is 0 Å². The Hall–Kier alpha value is -3.09. The SMILES string of the molecule is C=O.Oc1cccc(O)c1O.Oc1cccc(O)c1O. The molecule has 0 saturated carbocycles. The molecule has 0 aliphatic heterocycles. The molecule has 0 fully saturated rings. The first kappa shape index (κ1) is 16.9. The highest BCUT2D eigenvalue weighted by molar-refractivity contribution is 5.48. The molecule has 2 rings (SSSR count). The van der Waals surface area contributed by atoms with Crippen molar-refractivity contribution < 1.29 is 35.4 Å². The van der Waals surface area contributed by atoms with Gasteiger partial charge in [-0.1, -0.05) is 12.1 Å². The summed E-state index contributed by atoms with van der Waals surface area (Å²) < 4.78 is 0. The van der Waals surface area contributed by atoms with Crippen molar-refractivity contribution in [2.24, 2.45) is 0 Å². The molecular formula is C13H14O7. The van der Waals surface area contributed by atoms with Gasteiger partial charge in [-0.3, -0.25) is 0 Å². The zero-order chi connectivity index (χ0) is 15.7. The van der Waals surface area contributed by atoms with Crippen LogP contribution in [0.15, 0.2) is 36.4 Å². The number of para-hydroxylation sites is 2. The quantitative estimate of drug-likeness (QED) is 0.402. The summed E-state index contributed by atoms with van der Waals surface area (Å²) in [6.45, 7) is 2.00. The number of rotatable bonds is 0. The first-order valence-corrected chi connectivity index (χ1v) is 5.12. The van der Waals surface area contributed by atoms with Gasteiger partial charge in [-0.2, -0.15) is 0 Å². The third kappa shape index (κ3) is 4.65. The molecule has 0 heterocycles. The lowest BCUT2D eigenvalue weighted by Gasteiger charge is -1.96. The van der Waals surface area contributed by atoms with Crippen LogP contribution in [0.2, 0.25) is 0 Å². The van der Waals surface area contributed by atoms with E-state index in [1.807, 2.05) is 6.79 Å². The van der Waals surface area contributed by atoms with Gasteiger partial charge < -0.3 is 35.4 Å². The van der Waals surface area contributed by atoms with Crippen LogP contribution in [0.1, 0.15) is 0 Å². The highest BCUT2D eigenvalue weighted by Crippen LogP contribution is 2.33. The lowest BCUT2D eigenvalue weighted by Crippen LogP contribution is -1.67. The fraction of sp³-hybridized carbons (Fsp3) is 0. The molecule has 7 nitrogen and oxygen atoms in total. The molecule has 0 amide bonds. The summed E-state index contributed by atoms with van der Waals surface area (Å²) in [7, 11) is 0. The van der Waals surface area contributed by atoms with Crippen molar-refractivity contribution in [1.82, 2.24) is 0 Å². The molecule has 0 radical (unpaired) electrons. The largest absolute Gasteiger partial charge is 0.504 e. The second kappa shape index (κ2) is 8.09. The maximum absolute atomic E-state index is 8.71. The maximum Gasteiger partial charge on any atom is 0.200 e. The van der Waals surface area contributed by atoms with Crippen molar-refractivity contribution in [3.8, 4) is 34.5 Å². The minimum atomic E-state index is -0.475. The molecule has 0 atom stereocenters. The van der Waals surface area contributed by atoms with Crippen molar-refractivity contribution in [2.45, 2.75) is 0 Å². The van der Waals surface area contributed by atoms with E-state index in [1.165, 1.54) is 36.4 Å². The van der Waals surface area contributed by atoms with Crippen LogP contribution in [0, 0.1) is 0 Å². The van der Waals surface area contributed by atoms with E-state index in [0.717, 1.165) is 0 Å². The number of benzene rings is 2. The normalized spacial score (nSPS) is 8.60. The summed E-state index contributed by atoms with van der Waals surface area (Å²) in [5.41, 5.74) is 0. The van der Waals surface area contributed by atoms with Crippen LogP contribution in [0.3, 0.4) is 0 Å². The van der Waals surface area contributed by atoms with Crippen LogP contribution in [0.25, 0.3) is 0 Å². The molecule has 2 aromatic rings. The van der Waals surface area contributed by atoms with E-state index in [4.69, 9.17) is 35.4 Å². The van der Waals surface area contributed by atoms with Crippen molar-refractivity contribution in [3.05, 3.63) is 36.4 Å². The lowest BCUT2D eigenvalue weighted by molar-refractivity contribution is -0.0980. The number of hydrogen-bond donors (Lipinski definition) is 6. The third-order valence-corrected chi connectivity index (χ3v) is 1.99. The van der Waals surface area contributed by atoms with E-state index in [9.17, 15) is 0 Å². The fourth-order valence-electron chi connectivity index (χ4n) is 1.04. The Kier molecular flexibility index (Phi) is 6.84. The van der Waals surface area contributed by atoms with Gasteiger partial charge in [-0.05, 0) is 24.3 Å². The number of hydrogen-bond acceptors (Lipinski definition) is 7. The van der Waals surface area contributed by atoms with Crippen molar-refractivity contribution in [3.63, 3.8) is 0 Å². The van der Waals surface area contributed by atoms with E-state index < -0.39 is 11.5 Å². The first-order chi connectivity index (χ1) is 9.43. The van der Waals surface area contributed by atoms with Crippen LogP contribution in [0.4, 0.5) is 0 Å². The predicted octanol–water partition coefficient (Wildman–Crippen LogP) is 1.42. The first-order valence-electron chi connectivity index (χ1n) is 5.12. The maximum atomic E-state index is 8.71. The van der Waals surface area contributed by atoms with Crippen molar-refractivity contribution in [2.75, 3.05) is 0 Å². The summed E-state index contributed by atoms with van der Waals surface area (Å²) in [6.07, 6.45) is 0. The summed E-state index contributed by atoms with van der Waals surface area (Å²) >= 11 is 0. The minimum absolute atomic E-state index is 0.310. The van der Waals surface area contributed by atoms with Gasteiger partial charge in [0, 0.05) is 0 Å². The molecule has 0 aliphatic rings. The number of carbonyl (C=O) groups excluding carboxylic acids is 1. The average molecular weight is 282 g/mol. The standard InChI is InChI=1S/2C6H6O3.CH2O/c2*7-4-2-1-3-5(8)6(4)9;1-2/h2*1-3,7-9H;1H2. The van der Waals surface area contributed by atoms with Crippen molar-refractivity contribution >= 4 is 6.79 Å². The van der Waals surface area contributed by atoms with Crippen LogP contribution < -0.4 is 0 Å². The monoisotopic (exact) mass is 282 g/mol. The third-order valence-electron chi connectivity index (χ3n) is 1.99. The molecule has 0 bridgehead atoms. The van der Waals surface area contributed by atoms with E-state index >= 15 is 0 Å². The number of aromatic hydroxyl groups is 6. The Morgan fingerprint density at radius 1 is 0.550 bits per heavy atom.